The van der Waals surface area contributed by atoms with Crippen LogP contribution in [0.15, 0.2) is 42.5 Å². The minimum absolute atomic E-state index is 0. The van der Waals surface area contributed by atoms with Crippen molar-refractivity contribution < 1.29 is 19.2 Å². The van der Waals surface area contributed by atoms with Gasteiger partial charge in [-0.25, -0.2) is 4.39 Å². The van der Waals surface area contributed by atoms with E-state index >= 15 is 0 Å². The fourth-order valence-corrected chi connectivity index (χ4v) is 1.71. The Morgan fingerprint density at radius 1 is 1.10 bits per heavy atom. The van der Waals surface area contributed by atoms with Crippen LogP contribution in [0.25, 0.3) is 0 Å². The van der Waals surface area contributed by atoms with Crippen molar-refractivity contribution in [3.63, 3.8) is 0 Å². The molecule has 0 spiro atoms. The standard InChI is InChI=1S/C14H15BFNO3.CH4/c1-17(2)11-4-3-5-12(9-11)20-14-7-6-10(15(18)19)8-13(14)16;/h3-9,18-19H,1-2H3;1H4. The van der Waals surface area contributed by atoms with Crippen molar-refractivity contribution in [3.8, 4) is 11.5 Å². The zero-order chi connectivity index (χ0) is 14.7. The molecule has 0 radical (unpaired) electrons. The molecule has 2 rings (SSSR count). The van der Waals surface area contributed by atoms with E-state index in [1.54, 1.807) is 12.1 Å². The molecular formula is C15H19BFNO3. The van der Waals surface area contributed by atoms with Gasteiger partial charge in [0.1, 0.15) is 5.75 Å². The minimum atomic E-state index is -1.70. The maximum absolute atomic E-state index is 13.8. The maximum atomic E-state index is 13.8. The first kappa shape index (κ1) is 17.0. The van der Waals surface area contributed by atoms with Crippen molar-refractivity contribution in [2.24, 2.45) is 0 Å². The zero-order valence-corrected chi connectivity index (χ0v) is 11.2. The van der Waals surface area contributed by atoms with E-state index in [0.29, 0.717) is 5.75 Å². The Morgan fingerprint density at radius 2 is 1.81 bits per heavy atom. The van der Waals surface area contributed by atoms with Crippen LogP contribution in [-0.4, -0.2) is 31.3 Å². The van der Waals surface area contributed by atoms with Gasteiger partial charge in [-0.3, -0.25) is 0 Å². The third-order valence-corrected chi connectivity index (χ3v) is 2.82. The molecule has 2 aromatic carbocycles. The highest BCUT2D eigenvalue weighted by Gasteiger charge is 2.14. The first-order chi connectivity index (χ1) is 9.47. The van der Waals surface area contributed by atoms with Gasteiger partial charge in [0.05, 0.1) is 0 Å². The monoisotopic (exact) mass is 291 g/mol. The molecule has 112 valence electrons. The number of hydrogen-bond acceptors (Lipinski definition) is 4. The lowest BCUT2D eigenvalue weighted by Crippen LogP contribution is -2.29. The summed E-state index contributed by atoms with van der Waals surface area (Å²) < 4.78 is 19.3. The summed E-state index contributed by atoms with van der Waals surface area (Å²) in [6, 6.07) is 11.0. The molecule has 6 heteroatoms. The average molecular weight is 291 g/mol. The van der Waals surface area contributed by atoms with Crippen LogP contribution in [0.2, 0.25) is 0 Å². The molecule has 0 aliphatic carbocycles. The fourth-order valence-electron chi connectivity index (χ4n) is 1.71. The van der Waals surface area contributed by atoms with Gasteiger partial charge in [-0.1, -0.05) is 19.6 Å². The van der Waals surface area contributed by atoms with E-state index in [2.05, 4.69) is 0 Å². The second-order valence-electron chi connectivity index (χ2n) is 4.56. The van der Waals surface area contributed by atoms with Gasteiger partial charge in [0, 0.05) is 25.8 Å². The Bertz CT molecular complexity index is 605. The Morgan fingerprint density at radius 3 is 2.38 bits per heavy atom. The molecule has 2 aromatic rings. The number of ether oxygens (including phenoxy) is 1. The number of rotatable bonds is 4. The van der Waals surface area contributed by atoms with Crippen molar-refractivity contribution in [2.75, 3.05) is 19.0 Å². The summed E-state index contributed by atoms with van der Waals surface area (Å²) in [5.41, 5.74) is 1.02. The van der Waals surface area contributed by atoms with Crippen LogP contribution in [0.5, 0.6) is 11.5 Å². The van der Waals surface area contributed by atoms with E-state index in [-0.39, 0.29) is 18.6 Å². The molecule has 4 nitrogen and oxygen atoms in total. The van der Waals surface area contributed by atoms with E-state index in [9.17, 15) is 4.39 Å². The summed E-state index contributed by atoms with van der Waals surface area (Å²) in [5, 5.41) is 17.9. The second kappa shape index (κ2) is 7.10. The largest absolute Gasteiger partial charge is 0.488 e. The van der Waals surface area contributed by atoms with Crippen molar-refractivity contribution in [1.29, 1.82) is 0 Å². The smallest absolute Gasteiger partial charge is 0.454 e. The molecule has 0 aliphatic rings. The molecule has 21 heavy (non-hydrogen) atoms. The van der Waals surface area contributed by atoms with Crippen molar-refractivity contribution in [2.45, 2.75) is 7.43 Å². The first-order valence-corrected chi connectivity index (χ1v) is 6.08. The van der Waals surface area contributed by atoms with Gasteiger partial charge in [-0.15, -0.1) is 0 Å². The van der Waals surface area contributed by atoms with Crippen LogP contribution in [0.1, 0.15) is 7.43 Å². The summed E-state index contributed by atoms with van der Waals surface area (Å²) in [6.07, 6.45) is 0. The third kappa shape index (κ3) is 4.21. The average Bonchev–Trinajstić information content (AvgIpc) is 2.41. The SMILES string of the molecule is C.CN(C)c1cccc(Oc2ccc(B(O)O)cc2F)c1. The molecule has 0 unspecified atom stereocenters. The van der Waals surface area contributed by atoms with Crippen molar-refractivity contribution in [3.05, 3.63) is 48.3 Å². The fraction of sp³-hybridized carbons (Fsp3) is 0.200. The summed E-state index contributed by atoms with van der Waals surface area (Å²) in [7, 11) is 2.10. The number of anilines is 1. The van der Waals surface area contributed by atoms with Gasteiger partial charge >= 0.3 is 7.12 Å². The highest BCUT2D eigenvalue weighted by Crippen LogP contribution is 2.26. The lowest BCUT2D eigenvalue weighted by atomic mass is 9.80. The topological polar surface area (TPSA) is 52.9 Å². The second-order valence-corrected chi connectivity index (χ2v) is 4.56. The van der Waals surface area contributed by atoms with E-state index in [4.69, 9.17) is 14.8 Å². The van der Waals surface area contributed by atoms with E-state index in [1.165, 1.54) is 12.1 Å². The molecule has 0 aliphatic heterocycles. The van der Waals surface area contributed by atoms with Crippen LogP contribution >= 0.6 is 0 Å². The molecular weight excluding hydrogens is 272 g/mol. The molecule has 0 heterocycles. The molecule has 0 bridgehead atoms. The number of nitrogens with zero attached hydrogens (tertiary/aromatic N) is 1. The Labute approximate surface area is 124 Å². The van der Waals surface area contributed by atoms with E-state index < -0.39 is 12.9 Å². The molecule has 0 saturated carbocycles. The summed E-state index contributed by atoms with van der Waals surface area (Å²) >= 11 is 0. The first-order valence-electron chi connectivity index (χ1n) is 6.08. The maximum Gasteiger partial charge on any atom is 0.488 e. The molecule has 0 fully saturated rings. The van der Waals surface area contributed by atoms with Gasteiger partial charge in [-0.05, 0) is 29.7 Å². The van der Waals surface area contributed by atoms with Crippen LogP contribution < -0.4 is 15.1 Å². The number of hydrogen-bond donors (Lipinski definition) is 2. The van der Waals surface area contributed by atoms with Crippen LogP contribution in [0.3, 0.4) is 0 Å². The van der Waals surface area contributed by atoms with Gasteiger partial charge in [-0.2, -0.15) is 0 Å². The van der Waals surface area contributed by atoms with Gasteiger partial charge < -0.3 is 19.7 Å². The van der Waals surface area contributed by atoms with Crippen molar-refractivity contribution >= 4 is 18.3 Å². The Kier molecular flexibility index (Phi) is 5.75. The number of benzene rings is 2. The number of halogens is 1. The summed E-state index contributed by atoms with van der Waals surface area (Å²) in [4.78, 5) is 1.91. The van der Waals surface area contributed by atoms with E-state index in [1.807, 2.05) is 31.1 Å². The Balaban J connectivity index is 0.00000220. The molecule has 0 saturated heterocycles. The van der Waals surface area contributed by atoms with Gasteiger partial charge in [0.25, 0.3) is 0 Å². The zero-order valence-electron chi connectivity index (χ0n) is 11.2. The van der Waals surface area contributed by atoms with Gasteiger partial charge in [0.2, 0.25) is 0 Å². The van der Waals surface area contributed by atoms with Crippen LogP contribution in [0.4, 0.5) is 10.1 Å². The van der Waals surface area contributed by atoms with Gasteiger partial charge in [0.15, 0.2) is 11.6 Å². The molecule has 0 aromatic heterocycles. The molecule has 2 N–H and O–H groups in total. The summed E-state index contributed by atoms with van der Waals surface area (Å²) in [5.74, 6) is -0.108. The molecule has 0 atom stereocenters. The third-order valence-electron chi connectivity index (χ3n) is 2.82. The minimum Gasteiger partial charge on any atom is -0.454 e. The lowest BCUT2D eigenvalue weighted by Gasteiger charge is -2.14. The van der Waals surface area contributed by atoms with Crippen LogP contribution in [0, 0.1) is 5.82 Å². The highest BCUT2D eigenvalue weighted by atomic mass is 19.1. The van der Waals surface area contributed by atoms with Crippen molar-refractivity contribution in [1.82, 2.24) is 0 Å². The highest BCUT2D eigenvalue weighted by molar-refractivity contribution is 6.58. The normalized spacial score (nSPS) is 9.76. The lowest BCUT2D eigenvalue weighted by molar-refractivity contribution is 0.423. The summed E-state index contributed by atoms with van der Waals surface area (Å²) in [6.45, 7) is 0. The van der Waals surface area contributed by atoms with E-state index in [0.717, 1.165) is 11.8 Å². The predicted molar refractivity (Wildman–Crippen MR) is 83.8 cm³/mol. The predicted octanol–water partition coefficient (Wildman–Crippen LogP) is 2.00. The Hall–Kier alpha value is -2.05. The molecule has 0 amide bonds. The quantitative estimate of drug-likeness (QED) is 0.846. The van der Waals surface area contributed by atoms with Crippen LogP contribution in [-0.2, 0) is 0 Å².